The Kier molecular flexibility index (Phi) is 14.2. The van der Waals surface area contributed by atoms with Crippen molar-refractivity contribution in [1.29, 1.82) is 0 Å². The van der Waals surface area contributed by atoms with Gasteiger partial charge in [0.15, 0.2) is 0 Å². The standard InChI is InChI=1S/C30H44N2.C14H10O2.Ni/c1-11-14-28(32-30-26(21(6)7)17-13-18-27(30)22(8)9)23(10)31-29-24(19(2)3)15-12-16-25(29)20(4)5;15-13-11-7-3-1-5-9(11)10-6-2-4-8-12(10)14(13)16;/h12-13,15-22H,11,14H2,1-10H3;1-8,15-16H;/q;;+2/p-2. The van der Waals surface area contributed by atoms with Crippen molar-refractivity contribution >= 4 is 44.3 Å². The van der Waals surface area contributed by atoms with Gasteiger partial charge in [0.05, 0.1) is 22.8 Å². The maximum absolute atomic E-state index is 11.8. The molecular formula is C44H52N2NiO2. The van der Waals surface area contributed by atoms with E-state index in [9.17, 15) is 10.2 Å². The average Bonchev–Trinajstić information content (AvgIpc) is 3.07. The maximum Gasteiger partial charge on any atom is 2.00 e. The van der Waals surface area contributed by atoms with Gasteiger partial charge in [0.25, 0.3) is 0 Å². The summed E-state index contributed by atoms with van der Waals surface area (Å²) in [6.07, 6.45) is 1.98. The van der Waals surface area contributed by atoms with Crippen LogP contribution in [-0.4, -0.2) is 11.4 Å². The zero-order chi connectivity index (χ0) is 35.1. The average molecular weight is 700 g/mol. The molecule has 0 saturated carbocycles. The smallest absolute Gasteiger partial charge is 0.872 e. The van der Waals surface area contributed by atoms with Gasteiger partial charge in [0, 0.05) is 0 Å². The zero-order valence-electron chi connectivity index (χ0n) is 30.8. The number of para-hydroxylation sites is 2. The van der Waals surface area contributed by atoms with Crippen molar-refractivity contribution in [2.24, 2.45) is 9.98 Å². The third-order valence-corrected chi connectivity index (χ3v) is 8.96. The largest absolute Gasteiger partial charge is 2.00 e. The molecule has 0 aliphatic heterocycles. The minimum Gasteiger partial charge on any atom is -0.872 e. The van der Waals surface area contributed by atoms with Crippen LogP contribution in [0, 0.1) is 0 Å². The minimum absolute atomic E-state index is 0. The van der Waals surface area contributed by atoms with Gasteiger partial charge in [-0.25, -0.2) is 0 Å². The molecule has 5 rings (SSSR count). The fraction of sp³-hybridized carbons (Fsp3) is 0.364. The first kappa shape index (κ1) is 39.5. The number of rotatable bonds is 9. The SMILES string of the molecule is CCCC(=Nc1c(C(C)C)cccc1C(C)C)C(C)=Nc1c(C(C)C)cccc1C(C)C.[Ni+2].[O-]c1c([O-])c2ccccc2c2ccccc12. The molecule has 0 atom stereocenters. The molecule has 260 valence electrons. The molecule has 5 aromatic carbocycles. The van der Waals surface area contributed by atoms with E-state index in [1.54, 1.807) is 24.3 Å². The van der Waals surface area contributed by atoms with Crippen molar-refractivity contribution in [3.63, 3.8) is 0 Å². The topological polar surface area (TPSA) is 70.8 Å². The second-order valence-corrected chi connectivity index (χ2v) is 13.9. The van der Waals surface area contributed by atoms with Gasteiger partial charge in [-0.2, -0.15) is 0 Å². The summed E-state index contributed by atoms with van der Waals surface area (Å²) < 4.78 is 0. The van der Waals surface area contributed by atoms with Crippen LogP contribution in [0.15, 0.2) is 94.9 Å². The van der Waals surface area contributed by atoms with E-state index in [4.69, 9.17) is 9.98 Å². The molecule has 0 aromatic heterocycles. The van der Waals surface area contributed by atoms with Crippen LogP contribution < -0.4 is 10.2 Å². The van der Waals surface area contributed by atoms with Crippen LogP contribution in [0.4, 0.5) is 11.4 Å². The molecule has 4 nitrogen and oxygen atoms in total. The van der Waals surface area contributed by atoms with Crippen LogP contribution >= 0.6 is 0 Å². The van der Waals surface area contributed by atoms with Crippen LogP contribution in [0.5, 0.6) is 11.5 Å². The number of nitrogens with zero attached hydrogens (tertiary/aromatic N) is 2. The van der Waals surface area contributed by atoms with E-state index < -0.39 is 11.5 Å². The molecule has 0 amide bonds. The quantitative estimate of drug-likeness (QED) is 0.0873. The first-order chi connectivity index (χ1) is 22.9. The van der Waals surface area contributed by atoms with E-state index >= 15 is 0 Å². The van der Waals surface area contributed by atoms with E-state index in [1.165, 1.54) is 22.3 Å². The van der Waals surface area contributed by atoms with E-state index in [0.717, 1.165) is 46.4 Å². The molecule has 0 saturated heterocycles. The van der Waals surface area contributed by atoms with E-state index in [2.05, 4.69) is 106 Å². The Balaban J connectivity index is 0.000000317. The van der Waals surface area contributed by atoms with Gasteiger partial charge in [-0.05, 0) is 80.8 Å². The van der Waals surface area contributed by atoms with Gasteiger partial charge in [-0.3, -0.25) is 9.98 Å². The molecule has 0 radical (unpaired) electrons. The van der Waals surface area contributed by atoms with Crippen molar-refractivity contribution in [2.75, 3.05) is 0 Å². The Morgan fingerprint density at radius 3 is 1.16 bits per heavy atom. The van der Waals surface area contributed by atoms with Crippen molar-refractivity contribution < 1.29 is 26.7 Å². The Bertz CT molecular complexity index is 1820. The molecule has 0 unspecified atom stereocenters. The summed E-state index contributed by atoms with van der Waals surface area (Å²) >= 11 is 0. The molecule has 5 aromatic rings. The molecule has 0 bridgehead atoms. The summed E-state index contributed by atoms with van der Waals surface area (Å²) in [4.78, 5) is 10.6. The van der Waals surface area contributed by atoms with Crippen molar-refractivity contribution in [2.45, 2.75) is 106 Å². The third-order valence-electron chi connectivity index (χ3n) is 8.96. The molecule has 0 fully saturated rings. The predicted octanol–water partition coefficient (Wildman–Crippen LogP) is 12.0. The minimum atomic E-state index is -0.408. The number of hydrogen-bond donors (Lipinski definition) is 0. The van der Waals surface area contributed by atoms with E-state index in [-0.39, 0.29) is 16.5 Å². The van der Waals surface area contributed by atoms with Gasteiger partial charge in [0.2, 0.25) is 0 Å². The van der Waals surface area contributed by atoms with Gasteiger partial charge in [-0.15, -0.1) is 11.5 Å². The molecule has 0 heterocycles. The van der Waals surface area contributed by atoms with Gasteiger partial charge in [0.1, 0.15) is 0 Å². The van der Waals surface area contributed by atoms with Crippen molar-refractivity contribution in [3.8, 4) is 11.5 Å². The molecule has 0 N–H and O–H groups in total. The van der Waals surface area contributed by atoms with Gasteiger partial charge < -0.3 is 10.2 Å². The normalized spacial score (nSPS) is 12.2. The number of hydrogen-bond acceptors (Lipinski definition) is 4. The number of benzene rings is 5. The van der Waals surface area contributed by atoms with Crippen molar-refractivity contribution in [1.82, 2.24) is 0 Å². The third kappa shape index (κ3) is 9.00. The molecule has 5 heteroatoms. The maximum atomic E-state index is 11.8. The molecule has 0 spiro atoms. The van der Waals surface area contributed by atoms with Crippen LogP contribution in [0.1, 0.15) is 128 Å². The van der Waals surface area contributed by atoms with Crippen LogP contribution in [0.25, 0.3) is 21.5 Å². The Morgan fingerprint density at radius 2 is 0.837 bits per heavy atom. The molecular weight excluding hydrogens is 647 g/mol. The molecule has 49 heavy (non-hydrogen) atoms. The Labute approximate surface area is 304 Å². The van der Waals surface area contributed by atoms with Crippen molar-refractivity contribution in [3.05, 3.63) is 107 Å². The first-order valence-corrected chi connectivity index (χ1v) is 17.5. The summed E-state index contributed by atoms with van der Waals surface area (Å²) in [5.74, 6) is 0.911. The second-order valence-electron chi connectivity index (χ2n) is 13.9. The van der Waals surface area contributed by atoms with Crippen LogP contribution in [0.2, 0.25) is 0 Å². The molecule has 0 aliphatic rings. The van der Waals surface area contributed by atoms with Gasteiger partial charge >= 0.3 is 16.5 Å². The first-order valence-electron chi connectivity index (χ1n) is 17.5. The second kappa shape index (κ2) is 17.6. The summed E-state index contributed by atoms with van der Waals surface area (Å²) in [6.45, 7) is 22.4. The summed E-state index contributed by atoms with van der Waals surface area (Å²) in [5.41, 5.74) is 9.71. The number of aliphatic imine (C=N–C) groups is 2. The van der Waals surface area contributed by atoms with Crippen LogP contribution in [0.3, 0.4) is 0 Å². The summed E-state index contributed by atoms with van der Waals surface area (Å²) in [5, 5.41) is 26.4. The Hall–Kier alpha value is -3.95. The summed E-state index contributed by atoms with van der Waals surface area (Å²) in [6, 6.07) is 27.7. The van der Waals surface area contributed by atoms with Crippen LogP contribution in [-0.2, 0) is 16.5 Å². The Morgan fingerprint density at radius 1 is 0.510 bits per heavy atom. The summed E-state index contributed by atoms with van der Waals surface area (Å²) in [7, 11) is 0. The number of fused-ring (bicyclic) bond motifs is 3. The van der Waals surface area contributed by atoms with Gasteiger partial charge in [-0.1, -0.05) is 154 Å². The monoisotopic (exact) mass is 698 g/mol. The predicted molar refractivity (Wildman–Crippen MR) is 204 cm³/mol. The fourth-order valence-corrected chi connectivity index (χ4v) is 6.28. The zero-order valence-corrected chi connectivity index (χ0v) is 31.8. The van der Waals surface area contributed by atoms with E-state index in [0.29, 0.717) is 34.4 Å². The fourth-order valence-electron chi connectivity index (χ4n) is 6.28. The molecule has 0 aliphatic carbocycles. The van der Waals surface area contributed by atoms with E-state index in [1.807, 2.05) is 24.3 Å².